The highest BCUT2D eigenvalue weighted by molar-refractivity contribution is 5.76. The Labute approximate surface area is 130 Å². The van der Waals surface area contributed by atoms with Crippen LogP contribution >= 0.6 is 0 Å². The van der Waals surface area contributed by atoms with Gasteiger partial charge < -0.3 is 8.94 Å². The van der Waals surface area contributed by atoms with Gasteiger partial charge in [0.15, 0.2) is 5.76 Å². The Morgan fingerprint density at radius 1 is 1.13 bits per heavy atom. The van der Waals surface area contributed by atoms with Gasteiger partial charge in [-0.25, -0.2) is 4.98 Å². The van der Waals surface area contributed by atoms with Gasteiger partial charge in [0.1, 0.15) is 0 Å². The second-order valence-corrected chi connectivity index (χ2v) is 5.00. The maximum atomic E-state index is 12.4. The fourth-order valence-corrected chi connectivity index (χ4v) is 2.34. The SMILES string of the molecule is O=c1c2ccccc2ncn1CCc1nc(-c2ccco2)no1. The molecule has 7 nitrogen and oxygen atoms in total. The Hall–Kier alpha value is -3.22. The molecule has 0 unspecified atom stereocenters. The van der Waals surface area contributed by atoms with Crippen molar-refractivity contribution in [2.45, 2.75) is 13.0 Å². The summed E-state index contributed by atoms with van der Waals surface area (Å²) in [4.78, 5) is 20.9. The Morgan fingerprint density at radius 3 is 2.91 bits per heavy atom. The first-order valence-electron chi connectivity index (χ1n) is 7.12. The van der Waals surface area contributed by atoms with Crippen molar-refractivity contribution >= 4 is 10.9 Å². The van der Waals surface area contributed by atoms with Gasteiger partial charge in [0.2, 0.25) is 11.7 Å². The van der Waals surface area contributed by atoms with Gasteiger partial charge in [0.25, 0.3) is 5.56 Å². The van der Waals surface area contributed by atoms with Gasteiger partial charge >= 0.3 is 0 Å². The molecule has 3 heterocycles. The van der Waals surface area contributed by atoms with Crippen LogP contribution in [0.25, 0.3) is 22.5 Å². The molecule has 0 spiro atoms. The number of para-hydroxylation sites is 1. The molecule has 23 heavy (non-hydrogen) atoms. The van der Waals surface area contributed by atoms with Crippen LogP contribution in [0.4, 0.5) is 0 Å². The first-order chi connectivity index (χ1) is 11.3. The molecule has 0 fully saturated rings. The molecule has 1 aromatic carbocycles. The van der Waals surface area contributed by atoms with Crippen molar-refractivity contribution in [3.8, 4) is 11.6 Å². The number of fused-ring (bicyclic) bond motifs is 1. The summed E-state index contributed by atoms with van der Waals surface area (Å²) in [7, 11) is 0. The van der Waals surface area contributed by atoms with E-state index in [1.165, 1.54) is 6.33 Å². The molecule has 3 aromatic heterocycles. The van der Waals surface area contributed by atoms with Gasteiger partial charge in [-0.1, -0.05) is 17.3 Å². The first kappa shape index (κ1) is 13.4. The van der Waals surface area contributed by atoms with Crippen molar-refractivity contribution in [2.24, 2.45) is 0 Å². The molecular formula is C16H12N4O3. The van der Waals surface area contributed by atoms with E-state index in [0.29, 0.717) is 41.3 Å². The molecule has 0 aliphatic carbocycles. The van der Waals surface area contributed by atoms with E-state index in [-0.39, 0.29) is 5.56 Å². The molecule has 4 rings (SSSR count). The van der Waals surface area contributed by atoms with E-state index < -0.39 is 0 Å². The van der Waals surface area contributed by atoms with Crippen molar-refractivity contribution in [3.63, 3.8) is 0 Å². The Kier molecular flexibility index (Phi) is 3.23. The number of nitrogens with zero attached hydrogens (tertiary/aromatic N) is 4. The second-order valence-electron chi connectivity index (χ2n) is 5.00. The summed E-state index contributed by atoms with van der Waals surface area (Å²) < 4.78 is 11.9. The number of aromatic nitrogens is 4. The minimum absolute atomic E-state index is 0.0821. The Balaban J connectivity index is 1.55. The van der Waals surface area contributed by atoms with E-state index in [1.54, 1.807) is 29.0 Å². The van der Waals surface area contributed by atoms with Crippen molar-refractivity contribution < 1.29 is 8.94 Å². The number of aryl methyl sites for hydroxylation is 2. The van der Waals surface area contributed by atoms with Gasteiger partial charge in [0.05, 0.1) is 23.5 Å². The molecule has 7 heteroatoms. The fourth-order valence-electron chi connectivity index (χ4n) is 2.34. The third kappa shape index (κ3) is 2.52. The van der Waals surface area contributed by atoms with Crippen LogP contribution in [-0.4, -0.2) is 19.7 Å². The summed E-state index contributed by atoms with van der Waals surface area (Å²) in [5.74, 6) is 1.38. The Morgan fingerprint density at radius 2 is 2.04 bits per heavy atom. The molecule has 0 bridgehead atoms. The van der Waals surface area contributed by atoms with Crippen molar-refractivity contribution in [1.29, 1.82) is 0 Å². The molecular weight excluding hydrogens is 296 g/mol. The molecule has 0 aliphatic rings. The highest BCUT2D eigenvalue weighted by Gasteiger charge is 2.11. The first-order valence-corrected chi connectivity index (χ1v) is 7.12. The topological polar surface area (TPSA) is 87.0 Å². The lowest BCUT2D eigenvalue weighted by molar-refractivity contribution is 0.370. The number of furan rings is 1. The van der Waals surface area contributed by atoms with Gasteiger partial charge in [-0.2, -0.15) is 4.98 Å². The van der Waals surface area contributed by atoms with Crippen LogP contribution in [0.5, 0.6) is 0 Å². The van der Waals surface area contributed by atoms with Crippen molar-refractivity contribution in [3.05, 3.63) is 65.2 Å². The minimum atomic E-state index is -0.0821. The fraction of sp³-hybridized carbons (Fsp3) is 0.125. The van der Waals surface area contributed by atoms with Crippen LogP contribution < -0.4 is 5.56 Å². The van der Waals surface area contributed by atoms with Crippen LogP contribution in [0.1, 0.15) is 5.89 Å². The molecule has 4 aromatic rings. The smallest absolute Gasteiger partial charge is 0.261 e. The van der Waals surface area contributed by atoms with E-state index >= 15 is 0 Å². The van der Waals surface area contributed by atoms with E-state index in [4.69, 9.17) is 8.94 Å². The maximum absolute atomic E-state index is 12.4. The van der Waals surface area contributed by atoms with Crippen LogP contribution in [0, 0.1) is 0 Å². The summed E-state index contributed by atoms with van der Waals surface area (Å²) in [6.07, 6.45) is 3.52. The molecule has 0 N–H and O–H groups in total. The van der Waals surface area contributed by atoms with Gasteiger partial charge in [0, 0.05) is 13.0 Å². The van der Waals surface area contributed by atoms with Crippen LogP contribution in [0.15, 0.2) is 62.7 Å². The highest BCUT2D eigenvalue weighted by atomic mass is 16.5. The number of rotatable bonds is 4. The summed E-state index contributed by atoms with van der Waals surface area (Å²) in [6.45, 7) is 0.413. The zero-order chi connectivity index (χ0) is 15.6. The summed E-state index contributed by atoms with van der Waals surface area (Å²) in [5.41, 5.74) is 0.605. The molecule has 0 saturated heterocycles. The van der Waals surface area contributed by atoms with Crippen molar-refractivity contribution in [1.82, 2.24) is 19.7 Å². The third-order valence-corrected chi connectivity index (χ3v) is 3.51. The standard InChI is InChI=1S/C16H12N4O3/c21-16-11-4-1-2-5-12(11)17-10-20(16)8-7-14-18-15(19-23-14)13-6-3-9-22-13/h1-6,9-10H,7-8H2. The average Bonchev–Trinajstić information content (AvgIpc) is 3.26. The Bertz CT molecular complexity index is 1000. The maximum Gasteiger partial charge on any atom is 0.261 e. The number of hydrogen-bond donors (Lipinski definition) is 0. The van der Waals surface area contributed by atoms with E-state index in [0.717, 1.165) is 0 Å². The summed E-state index contributed by atoms with van der Waals surface area (Å²) in [6, 6.07) is 10.8. The molecule has 0 radical (unpaired) electrons. The molecule has 0 saturated carbocycles. The molecule has 0 atom stereocenters. The van der Waals surface area contributed by atoms with Crippen LogP contribution in [0.2, 0.25) is 0 Å². The van der Waals surface area contributed by atoms with Crippen LogP contribution in [-0.2, 0) is 13.0 Å². The zero-order valence-corrected chi connectivity index (χ0v) is 12.0. The van der Waals surface area contributed by atoms with Gasteiger partial charge in [-0.15, -0.1) is 0 Å². The molecule has 0 amide bonds. The molecule has 114 valence electrons. The lowest BCUT2D eigenvalue weighted by Gasteiger charge is -2.04. The lowest BCUT2D eigenvalue weighted by atomic mass is 10.2. The summed E-state index contributed by atoms with van der Waals surface area (Å²) in [5, 5.41) is 4.45. The van der Waals surface area contributed by atoms with Gasteiger partial charge in [-0.3, -0.25) is 9.36 Å². The number of hydrogen-bond acceptors (Lipinski definition) is 6. The second kappa shape index (κ2) is 5.53. The molecule has 0 aliphatic heterocycles. The van der Waals surface area contributed by atoms with E-state index in [2.05, 4.69) is 15.1 Å². The van der Waals surface area contributed by atoms with Crippen LogP contribution in [0.3, 0.4) is 0 Å². The quantitative estimate of drug-likeness (QED) is 0.575. The lowest BCUT2D eigenvalue weighted by Crippen LogP contribution is -2.21. The predicted molar refractivity (Wildman–Crippen MR) is 81.7 cm³/mol. The van der Waals surface area contributed by atoms with E-state index in [9.17, 15) is 4.79 Å². The zero-order valence-electron chi connectivity index (χ0n) is 12.0. The normalized spacial score (nSPS) is 11.1. The highest BCUT2D eigenvalue weighted by Crippen LogP contribution is 2.16. The minimum Gasteiger partial charge on any atom is -0.461 e. The third-order valence-electron chi connectivity index (χ3n) is 3.51. The van der Waals surface area contributed by atoms with Gasteiger partial charge in [-0.05, 0) is 24.3 Å². The predicted octanol–water partition coefficient (Wildman–Crippen LogP) is 2.28. The largest absolute Gasteiger partial charge is 0.461 e. The van der Waals surface area contributed by atoms with Crippen molar-refractivity contribution in [2.75, 3.05) is 0 Å². The summed E-state index contributed by atoms with van der Waals surface area (Å²) >= 11 is 0. The van der Waals surface area contributed by atoms with E-state index in [1.807, 2.05) is 18.2 Å². The average molecular weight is 308 g/mol. The number of benzene rings is 1. The monoisotopic (exact) mass is 308 g/mol.